The highest BCUT2D eigenvalue weighted by Crippen LogP contribution is 2.05. The zero-order valence-corrected chi connectivity index (χ0v) is 9.23. The van der Waals surface area contributed by atoms with Gasteiger partial charge in [0.05, 0.1) is 27.1 Å². The minimum Gasteiger partial charge on any atom is -0.469 e. The third-order valence-corrected chi connectivity index (χ3v) is 1.63. The molecule has 0 radical (unpaired) electrons. The molecule has 0 aliphatic heterocycles. The summed E-state index contributed by atoms with van der Waals surface area (Å²) in [5, 5.41) is 0. The minimum atomic E-state index is -1.27. The molecule has 1 unspecified atom stereocenters. The molecular formula is C10H14O6. The van der Waals surface area contributed by atoms with E-state index in [0.29, 0.717) is 0 Å². The Morgan fingerprint density at radius 2 is 1.81 bits per heavy atom. The van der Waals surface area contributed by atoms with E-state index < -0.39 is 24.0 Å². The lowest BCUT2D eigenvalue weighted by Crippen LogP contribution is -2.31. The molecule has 0 aromatic carbocycles. The molecule has 0 fully saturated rings. The maximum absolute atomic E-state index is 11.2. The first kappa shape index (κ1) is 14.2. The molecule has 0 aliphatic carbocycles. The molecule has 90 valence electrons. The van der Waals surface area contributed by atoms with Gasteiger partial charge < -0.3 is 14.2 Å². The first-order chi connectivity index (χ1) is 7.54. The van der Waals surface area contributed by atoms with Crippen molar-refractivity contribution in [1.29, 1.82) is 0 Å². The summed E-state index contributed by atoms with van der Waals surface area (Å²) < 4.78 is 13.5. The largest absolute Gasteiger partial charge is 0.469 e. The van der Waals surface area contributed by atoms with Crippen molar-refractivity contribution in [2.24, 2.45) is 0 Å². The molecule has 0 heterocycles. The Labute approximate surface area is 93.2 Å². The van der Waals surface area contributed by atoms with Gasteiger partial charge in [-0.15, -0.1) is 6.58 Å². The summed E-state index contributed by atoms with van der Waals surface area (Å²) in [5.74, 6) is -2.13. The van der Waals surface area contributed by atoms with Crippen LogP contribution in [-0.2, 0) is 28.6 Å². The van der Waals surface area contributed by atoms with Crippen LogP contribution in [0.2, 0.25) is 0 Å². The summed E-state index contributed by atoms with van der Waals surface area (Å²) in [4.78, 5) is 33.2. The van der Waals surface area contributed by atoms with Crippen molar-refractivity contribution >= 4 is 17.9 Å². The van der Waals surface area contributed by atoms with Crippen molar-refractivity contribution in [3.05, 3.63) is 12.7 Å². The SMILES string of the molecule is C=CCC(=O)OC(CC(=O)OC)C(=O)OC. The van der Waals surface area contributed by atoms with Crippen LogP contribution in [0.15, 0.2) is 12.7 Å². The topological polar surface area (TPSA) is 78.9 Å². The fourth-order valence-corrected chi connectivity index (χ4v) is 0.864. The van der Waals surface area contributed by atoms with Crippen LogP contribution in [0.4, 0.5) is 0 Å². The van der Waals surface area contributed by atoms with E-state index in [-0.39, 0.29) is 12.8 Å². The summed E-state index contributed by atoms with van der Waals surface area (Å²) >= 11 is 0. The van der Waals surface area contributed by atoms with Crippen LogP contribution in [0.3, 0.4) is 0 Å². The molecule has 1 atom stereocenters. The molecular weight excluding hydrogens is 216 g/mol. The van der Waals surface area contributed by atoms with Gasteiger partial charge in [0.15, 0.2) is 0 Å². The smallest absolute Gasteiger partial charge is 0.347 e. The van der Waals surface area contributed by atoms with E-state index in [9.17, 15) is 14.4 Å². The molecule has 0 aromatic rings. The Bertz CT molecular complexity index is 283. The summed E-state index contributed by atoms with van der Waals surface area (Å²) in [6, 6.07) is 0. The van der Waals surface area contributed by atoms with Crippen molar-refractivity contribution in [3.8, 4) is 0 Å². The molecule has 6 heteroatoms. The van der Waals surface area contributed by atoms with Crippen molar-refractivity contribution in [1.82, 2.24) is 0 Å². The Balaban J connectivity index is 4.42. The van der Waals surface area contributed by atoms with Gasteiger partial charge in [0, 0.05) is 0 Å². The lowest BCUT2D eigenvalue weighted by atomic mass is 10.2. The zero-order chi connectivity index (χ0) is 12.6. The molecule has 0 saturated heterocycles. The van der Waals surface area contributed by atoms with Crippen molar-refractivity contribution < 1.29 is 28.6 Å². The van der Waals surface area contributed by atoms with Gasteiger partial charge >= 0.3 is 17.9 Å². The molecule has 0 saturated carbocycles. The first-order valence-corrected chi connectivity index (χ1v) is 4.50. The number of methoxy groups -OCH3 is 2. The van der Waals surface area contributed by atoms with E-state index in [4.69, 9.17) is 4.74 Å². The van der Waals surface area contributed by atoms with Crippen LogP contribution in [0.25, 0.3) is 0 Å². The maximum Gasteiger partial charge on any atom is 0.347 e. The van der Waals surface area contributed by atoms with Crippen LogP contribution in [0, 0.1) is 0 Å². The average molecular weight is 230 g/mol. The van der Waals surface area contributed by atoms with E-state index in [1.165, 1.54) is 13.2 Å². The monoisotopic (exact) mass is 230 g/mol. The van der Waals surface area contributed by atoms with E-state index in [0.717, 1.165) is 7.11 Å². The van der Waals surface area contributed by atoms with Gasteiger partial charge in [-0.25, -0.2) is 4.79 Å². The molecule has 16 heavy (non-hydrogen) atoms. The summed E-state index contributed by atoms with van der Waals surface area (Å²) in [7, 11) is 2.30. The fourth-order valence-electron chi connectivity index (χ4n) is 0.864. The third kappa shape index (κ3) is 5.14. The Morgan fingerprint density at radius 1 is 1.19 bits per heavy atom. The van der Waals surface area contributed by atoms with E-state index in [1.54, 1.807) is 0 Å². The third-order valence-electron chi connectivity index (χ3n) is 1.63. The molecule has 0 aliphatic rings. The summed E-state index contributed by atoms with van der Waals surface area (Å²) in [6.45, 7) is 3.34. The van der Waals surface area contributed by atoms with Crippen molar-refractivity contribution in [2.45, 2.75) is 18.9 Å². The molecule has 0 bridgehead atoms. The quantitative estimate of drug-likeness (QED) is 0.368. The zero-order valence-electron chi connectivity index (χ0n) is 9.23. The maximum atomic E-state index is 11.2. The molecule has 0 rings (SSSR count). The Morgan fingerprint density at radius 3 is 2.25 bits per heavy atom. The van der Waals surface area contributed by atoms with Crippen LogP contribution < -0.4 is 0 Å². The molecule has 0 N–H and O–H groups in total. The number of hydrogen-bond acceptors (Lipinski definition) is 6. The average Bonchev–Trinajstić information content (AvgIpc) is 2.27. The standard InChI is InChI=1S/C10H14O6/c1-4-5-8(11)16-7(10(13)15-3)6-9(12)14-2/h4,7H,1,5-6H2,2-3H3. The van der Waals surface area contributed by atoms with Crippen LogP contribution >= 0.6 is 0 Å². The normalized spacial score (nSPS) is 11.1. The number of carbonyl (C=O) groups is 3. The van der Waals surface area contributed by atoms with Gasteiger partial charge in [-0.05, 0) is 0 Å². The number of carbonyl (C=O) groups excluding carboxylic acids is 3. The number of rotatable bonds is 6. The van der Waals surface area contributed by atoms with Gasteiger partial charge in [0.2, 0.25) is 6.10 Å². The highest BCUT2D eigenvalue weighted by Gasteiger charge is 2.26. The lowest BCUT2D eigenvalue weighted by molar-refractivity contribution is -0.169. The van der Waals surface area contributed by atoms with Crippen molar-refractivity contribution in [2.75, 3.05) is 14.2 Å². The predicted octanol–water partition coefficient (Wildman–Crippen LogP) is 0.210. The van der Waals surface area contributed by atoms with Gasteiger partial charge in [-0.3, -0.25) is 9.59 Å². The van der Waals surface area contributed by atoms with Crippen molar-refractivity contribution in [3.63, 3.8) is 0 Å². The molecule has 6 nitrogen and oxygen atoms in total. The van der Waals surface area contributed by atoms with Gasteiger partial charge in [0.1, 0.15) is 0 Å². The van der Waals surface area contributed by atoms with Crippen LogP contribution in [-0.4, -0.2) is 38.2 Å². The van der Waals surface area contributed by atoms with Gasteiger partial charge in [-0.2, -0.15) is 0 Å². The van der Waals surface area contributed by atoms with Gasteiger partial charge in [0.25, 0.3) is 0 Å². The predicted molar refractivity (Wildman–Crippen MR) is 53.3 cm³/mol. The number of ether oxygens (including phenoxy) is 3. The van der Waals surface area contributed by atoms with E-state index >= 15 is 0 Å². The van der Waals surface area contributed by atoms with E-state index in [1.807, 2.05) is 0 Å². The second-order valence-electron chi connectivity index (χ2n) is 2.77. The fraction of sp³-hybridized carbons (Fsp3) is 0.500. The number of esters is 3. The number of hydrogen-bond donors (Lipinski definition) is 0. The lowest BCUT2D eigenvalue weighted by Gasteiger charge is -2.13. The second kappa shape index (κ2) is 7.44. The van der Waals surface area contributed by atoms with E-state index in [2.05, 4.69) is 16.1 Å². The molecule has 0 aromatic heterocycles. The Kier molecular flexibility index (Phi) is 6.58. The molecule has 0 spiro atoms. The van der Waals surface area contributed by atoms with Crippen LogP contribution in [0.5, 0.6) is 0 Å². The Hall–Kier alpha value is -1.85. The van der Waals surface area contributed by atoms with Gasteiger partial charge in [-0.1, -0.05) is 6.08 Å². The second-order valence-corrected chi connectivity index (χ2v) is 2.77. The summed E-state index contributed by atoms with van der Waals surface area (Å²) in [5.41, 5.74) is 0. The minimum absolute atomic E-state index is 0.0470. The van der Waals surface area contributed by atoms with Crippen LogP contribution in [0.1, 0.15) is 12.8 Å². The summed E-state index contributed by atoms with van der Waals surface area (Å²) in [6.07, 6.45) is -0.361. The first-order valence-electron chi connectivity index (χ1n) is 4.50. The highest BCUT2D eigenvalue weighted by molar-refractivity contribution is 5.84. The highest BCUT2D eigenvalue weighted by atomic mass is 16.6. The molecule has 0 amide bonds.